The highest BCUT2D eigenvalue weighted by molar-refractivity contribution is 7.13. The molecule has 156 valence electrons. The van der Waals surface area contributed by atoms with Crippen molar-refractivity contribution in [3.63, 3.8) is 0 Å². The van der Waals surface area contributed by atoms with Gasteiger partial charge in [-0.3, -0.25) is 0 Å². The van der Waals surface area contributed by atoms with Crippen LogP contribution in [0.25, 0.3) is 33.7 Å². The number of H-pyrrole nitrogens is 1. The highest BCUT2D eigenvalue weighted by Crippen LogP contribution is 2.34. The van der Waals surface area contributed by atoms with E-state index in [4.69, 9.17) is 27.6 Å². The molecule has 0 aliphatic carbocycles. The number of nitrogens with two attached hydrogens (primary N) is 1. The van der Waals surface area contributed by atoms with Crippen molar-refractivity contribution in [3.05, 3.63) is 81.8 Å². The van der Waals surface area contributed by atoms with E-state index in [0.29, 0.717) is 21.6 Å². The third kappa shape index (κ3) is 4.61. The quantitative estimate of drug-likeness (QED) is 0.207. The van der Waals surface area contributed by atoms with Crippen LogP contribution in [0.1, 0.15) is 5.56 Å². The van der Waals surface area contributed by atoms with Gasteiger partial charge in [-0.1, -0.05) is 57.8 Å². The third-order valence-electron chi connectivity index (χ3n) is 4.59. The number of nitrogens with one attached hydrogen (secondary N) is 1. The fourth-order valence-electron chi connectivity index (χ4n) is 3.15. The number of aromatic amines is 1. The van der Waals surface area contributed by atoms with E-state index >= 15 is 0 Å². The van der Waals surface area contributed by atoms with Gasteiger partial charge in [0.05, 0.1) is 11.2 Å². The molecule has 0 amide bonds. The Morgan fingerprint density at radius 2 is 1.90 bits per heavy atom. The van der Waals surface area contributed by atoms with E-state index in [0.717, 1.165) is 32.9 Å². The van der Waals surface area contributed by atoms with Crippen molar-refractivity contribution < 1.29 is 26.8 Å². The molecule has 0 aliphatic rings. The maximum Gasteiger partial charge on any atom is 0.310 e. The largest absolute Gasteiger partial charge is 1.00 e. The molecule has 2 aromatic carbocycles. The highest BCUT2D eigenvalue weighted by atomic mass is 79.9. The average Bonchev–Trinajstić information content (AvgIpc) is 3.49. The summed E-state index contributed by atoms with van der Waals surface area (Å²) >= 11 is 13.9. The van der Waals surface area contributed by atoms with Crippen LogP contribution in [0.5, 0.6) is 0 Å². The molecule has 31 heavy (non-hydrogen) atoms. The Labute approximate surface area is 202 Å². The van der Waals surface area contributed by atoms with Gasteiger partial charge in [0.2, 0.25) is 0 Å². The Balaban J connectivity index is 0.00000231. The number of nitrogens with zero attached hydrogens (tertiary/aromatic N) is 2. The van der Waals surface area contributed by atoms with Crippen molar-refractivity contribution in [1.29, 1.82) is 0 Å². The summed E-state index contributed by atoms with van der Waals surface area (Å²) in [6.07, 6.45) is 3.77. The molecular weight excluding hydrogens is 519 g/mol. The second-order valence-corrected chi connectivity index (χ2v) is 8.29. The lowest BCUT2D eigenvalue weighted by Gasteiger charge is -2.01. The summed E-state index contributed by atoms with van der Waals surface area (Å²) in [5.74, 6) is 1.31. The number of para-hydroxylation sites is 1. The molecule has 0 unspecified atom stereocenters. The number of quaternary nitrogens is 1. The van der Waals surface area contributed by atoms with E-state index in [1.165, 1.54) is 11.3 Å². The number of furan rings is 1. The first kappa shape index (κ1) is 21.8. The van der Waals surface area contributed by atoms with E-state index in [2.05, 4.69) is 21.1 Å². The Bertz CT molecular complexity index is 1370. The molecule has 0 radical (unpaired) electrons. The smallest absolute Gasteiger partial charge is 0.310 e. The minimum absolute atomic E-state index is 0. The molecule has 0 bridgehead atoms. The van der Waals surface area contributed by atoms with Crippen molar-refractivity contribution in [2.75, 3.05) is 0 Å². The number of halogens is 3. The van der Waals surface area contributed by atoms with Gasteiger partial charge in [0.25, 0.3) is 0 Å². The van der Waals surface area contributed by atoms with Gasteiger partial charge in [-0.05, 0) is 36.4 Å². The van der Waals surface area contributed by atoms with Gasteiger partial charge in [0, 0.05) is 38.6 Å². The molecular formula is C22H15BrCl2N4OS. The molecule has 0 saturated heterocycles. The topological polar surface area (TPSA) is 70.8 Å². The summed E-state index contributed by atoms with van der Waals surface area (Å²) in [6, 6.07) is 17.1. The van der Waals surface area contributed by atoms with Crippen LogP contribution in [-0.2, 0) is 0 Å². The molecule has 0 fully saturated rings. The monoisotopic (exact) mass is 532 g/mol. The number of rotatable bonds is 5. The predicted molar refractivity (Wildman–Crippen MR) is 123 cm³/mol. The van der Waals surface area contributed by atoms with Crippen LogP contribution in [-0.4, -0.2) is 16.2 Å². The molecule has 0 atom stereocenters. The number of thiazole rings is 1. The number of aromatic nitrogens is 2. The van der Waals surface area contributed by atoms with E-state index < -0.39 is 0 Å². The normalized spacial score (nSPS) is 11.3. The first-order chi connectivity index (χ1) is 14.7. The van der Waals surface area contributed by atoms with Gasteiger partial charge in [-0.15, -0.1) is 0 Å². The Hall–Kier alpha value is -2.42. The molecule has 3 aromatic heterocycles. The lowest BCUT2D eigenvalue weighted by Crippen LogP contribution is -3.00. The maximum atomic E-state index is 6.27. The van der Waals surface area contributed by atoms with Crippen LogP contribution in [0.3, 0.4) is 0 Å². The molecule has 0 aliphatic heterocycles. The molecule has 9 heteroatoms. The minimum atomic E-state index is 0. The summed E-state index contributed by atoms with van der Waals surface area (Å²) in [6.45, 7) is 0. The van der Waals surface area contributed by atoms with Crippen LogP contribution in [0, 0.1) is 0 Å². The fraction of sp³-hybridized carbons (Fsp3) is 0. The zero-order chi connectivity index (χ0) is 20.5. The van der Waals surface area contributed by atoms with Gasteiger partial charge < -0.3 is 26.4 Å². The second-order valence-electron chi connectivity index (χ2n) is 6.56. The van der Waals surface area contributed by atoms with Crippen LogP contribution in [0.2, 0.25) is 10.0 Å². The average molecular weight is 534 g/mol. The van der Waals surface area contributed by atoms with E-state index in [-0.39, 0.29) is 17.0 Å². The van der Waals surface area contributed by atoms with E-state index in [1.54, 1.807) is 23.6 Å². The SMILES string of the molecule is Clc1ccc(Cl)c(-c2ccc(-c3csc([NH2+]/N=C/c4c[nH]c5ccccc45)n3)o2)c1.[Br-]. The van der Waals surface area contributed by atoms with Gasteiger partial charge in [0.15, 0.2) is 5.76 Å². The van der Waals surface area contributed by atoms with Crippen molar-refractivity contribution in [2.24, 2.45) is 5.10 Å². The lowest BCUT2D eigenvalue weighted by molar-refractivity contribution is -0.576. The first-order valence-electron chi connectivity index (χ1n) is 9.11. The highest BCUT2D eigenvalue weighted by Gasteiger charge is 2.14. The van der Waals surface area contributed by atoms with Crippen LogP contribution in [0.4, 0.5) is 5.13 Å². The summed E-state index contributed by atoms with van der Waals surface area (Å²) in [7, 11) is 0. The molecule has 5 nitrogen and oxygen atoms in total. The van der Waals surface area contributed by atoms with Crippen molar-refractivity contribution >= 4 is 56.8 Å². The van der Waals surface area contributed by atoms with Gasteiger partial charge in [-0.25, -0.2) is 0 Å². The van der Waals surface area contributed by atoms with Crippen LogP contribution >= 0.6 is 34.5 Å². The van der Waals surface area contributed by atoms with Crippen molar-refractivity contribution in [1.82, 2.24) is 9.97 Å². The molecule has 3 heterocycles. The Morgan fingerprint density at radius 1 is 1.06 bits per heavy atom. The standard InChI is InChI=1S/C22H14Cl2N4OS.BrH/c23-14-5-6-17(24)16(9-14)20-7-8-21(29-20)19-12-30-22(27-19)28-26-11-13-10-25-18-4-2-1-3-15(13)18;/h1-12,25H,(H,27,28);1H/b26-11+;. The molecule has 3 N–H and O–H groups in total. The number of benzene rings is 2. The number of hydrogen-bond donors (Lipinski definition) is 2. The summed E-state index contributed by atoms with van der Waals surface area (Å²) in [4.78, 5) is 7.83. The summed E-state index contributed by atoms with van der Waals surface area (Å²) in [5.41, 5.74) is 5.36. The van der Waals surface area contributed by atoms with Gasteiger partial charge in [0.1, 0.15) is 11.5 Å². The minimum Gasteiger partial charge on any atom is -1.00 e. The number of hydrogen-bond acceptors (Lipinski definition) is 4. The van der Waals surface area contributed by atoms with Crippen molar-refractivity contribution in [2.45, 2.75) is 0 Å². The molecule has 5 aromatic rings. The second kappa shape index (κ2) is 9.38. The zero-order valence-electron chi connectivity index (χ0n) is 15.9. The maximum absolute atomic E-state index is 6.27. The molecule has 5 rings (SSSR count). The van der Waals surface area contributed by atoms with Gasteiger partial charge in [-0.2, -0.15) is 10.4 Å². The fourth-order valence-corrected chi connectivity index (χ4v) is 4.21. The van der Waals surface area contributed by atoms with E-state index in [9.17, 15) is 0 Å². The lowest BCUT2D eigenvalue weighted by atomic mass is 10.2. The molecule has 0 saturated carbocycles. The van der Waals surface area contributed by atoms with Crippen molar-refractivity contribution in [3.8, 4) is 22.8 Å². The third-order valence-corrected chi connectivity index (χ3v) is 5.94. The Kier molecular flexibility index (Phi) is 6.60. The molecule has 0 spiro atoms. The number of fused-ring (bicyclic) bond motifs is 1. The summed E-state index contributed by atoms with van der Waals surface area (Å²) in [5, 5.41) is 9.48. The van der Waals surface area contributed by atoms with Crippen LogP contribution < -0.4 is 22.4 Å². The van der Waals surface area contributed by atoms with Crippen LogP contribution in [0.15, 0.2) is 75.7 Å². The van der Waals surface area contributed by atoms with E-state index in [1.807, 2.05) is 48.1 Å². The summed E-state index contributed by atoms with van der Waals surface area (Å²) < 4.78 is 5.96. The first-order valence-corrected chi connectivity index (χ1v) is 10.7. The zero-order valence-corrected chi connectivity index (χ0v) is 19.8. The Morgan fingerprint density at radius 3 is 2.81 bits per heavy atom. The predicted octanol–water partition coefficient (Wildman–Crippen LogP) is 3.09. The van der Waals surface area contributed by atoms with Gasteiger partial charge >= 0.3 is 5.13 Å².